The van der Waals surface area contributed by atoms with Crippen LogP contribution in [0.15, 0.2) is 12.3 Å². The summed E-state index contributed by atoms with van der Waals surface area (Å²) >= 11 is 0. The number of ether oxygens (including phenoxy) is 1. The van der Waals surface area contributed by atoms with Gasteiger partial charge in [0.15, 0.2) is 0 Å². The SMILES string of the molecule is CCC(C)N1CCN(C=CC(=O)OC)CC1. The lowest BCUT2D eigenvalue weighted by Gasteiger charge is -2.37. The standard InChI is InChI=1S/C12H22N2O2/c1-4-11(2)14-9-7-13(8-10-14)6-5-12(15)16-3/h5-6,11H,4,7-10H2,1-3H3. The number of nitrogens with zero attached hydrogens (tertiary/aromatic N) is 2. The van der Waals surface area contributed by atoms with Crippen LogP contribution in [0.1, 0.15) is 20.3 Å². The van der Waals surface area contributed by atoms with Crippen LogP contribution in [-0.2, 0) is 9.53 Å². The Bertz CT molecular complexity index is 245. The fraction of sp³-hybridized carbons (Fsp3) is 0.750. The van der Waals surface area contributed by atoms with Gasteiger partial charge in [-0.1, -0.05) is 6.92 Å². The molecule has 0 saturated carbocycles. The van der Waals surface area contributed by atoms with Crippen LogP contribution in [0.25, 0.3) is 0 Å². The van der Waals surface area contributed by atoms with Crippen molar-refractivity contribution in [2.24, 2.45) is 0 Å². The third-order valence-corrected chi connectivity index (χ3v) is 3.19. The maximum absolute atomic E-state index is 10.9. The zero-order valence-electron chi connectivity index (χ0n) is 10.5. The van der Waals surface area contributed by atoms with Gasteiger partial charge in [0.25, 0.3) is 0 Å². The molecule has 1 aliphatic heterocycles. The molecule has 1 fully saturated rings. The Labute approximate surface area is 97.9 Å². The summed E-state index contributed by atoms with van der Waals surface area (Å²) in [7, 11) is 1.40. The molecule has 0 spiro atoms. The van der Waals surface area contributed by atoms with Crippen LogP contribution in [0.5, 0.6) is 0 Å². The molecule has 0 bridgehead atoms. The van der Waals surface area contributed by atoms with Gasteiger partial charge in [-0.3, -0.25) is 4.90 Å². The monoisotopic (exact) mass is 226 g/mol. The molecule has 0 aromatic carbocycles. The van der Waals surface area contributed by atoms with E-state index in [2.05, 4.69) is 28.4 Å². The largest absolute Gasteiger partial charge is 0.466 e. The zero-order chi connectivity index (χ0) is 12.0. The number of hydrogen-bond acceptors (Lipinski definition) is 4. The Morgan fingerprint density at radius 1 is 1.38 bits per heavy atom. The normalized spacial score (nSPS) is 20.1. The Kier molecular flexibility index (Phi) is 5.32. The van der Waals surface area contributed by atoms with Crippen molar-refractivity contribution in [3.8, 4) is 0 Å². The molecule has 1 heterocycles. The minimum absolute atomic E-state index is 0.288. The average Bonchev–Trinajstić information content (AvgIpc) is 2.35. The van der Waals surface area contributed by atoms with Gasteiger partial charge in [-0.25, -0.2) is 4.79 Å². The first kappa shape index (κ1) is 13.0. The Hall–Kier alpha value is -1.03. The highest BCUT2D eigenvalue weighted by Gasteiger charge is 2.17. The number of hydrogen-bond donors (Lipinski definition) is 0. The van der Waals surface area contributed by atoms with E-state index < -0.39 is 0 Å². The maximum atomic E-state index is 10.9. The molecule has 1 rings (SSSR count). The summed E-state index contributed by atoms with van der Waals surface area (Å²) in [6.07, 6.45) is 4.51. The van der Waals surface area contributed by atoms with Crippen LogP contribution in [0.3, 0.4) is 0 Å². The fourth-order valence-corrected chi connectivity index (χ4v) is 1.82. The smallest absolute Gasteiger partial charge is 0.331 e. The van der Waals surface area contributed by atoms with E-state index in [9.17, 15) is 4.79 Å². The third-order valence-electron chi connectivity index (χ3n) is 3.19. The molecule has 1 aliphatic rings. The van der Waals surface area contributed by atoms with Crippen molar-refractivity contribution in [1.29, 1.82) is 0 Å². The van der Waals surface area contributed by atoms with Gasteiger partial charge in [-0.15, -0.1) is 0 Å². The summed E-state index contributed by atoms with van der Waals surface area (Å²) in [5.41, 5.74) is 0. The van der Waals surface area contributed by atoms with Gasteiger partial charge in [0.05, 0.1) is 7.11 Å². The number of rotatable bonds is 4. The van der Waals surface area contributed by atoms with Crippen LogP contribution in [0.2, 0.25) is 0 Å². The topological polar surface area (TPSA) is 32.8 Å². The maximum Gasteiger partial charge on any atom is 0.331 e. The van der Waals surface area contributed by atoms with Crippen LogP contribution in [0, 0.1) is 0 Å². The second-order valence-corrected chi connectivity index (χ2v) is 4.17. The summed E-state index contributed by atoms with van der Waals surface area (Å²) in [4.78, 5) is 15.6. The quantitative estimate of drug-likeness (QED) is 0.530. The lowest BCUT2D eigenvalue weighted by Crippen LogP contribution is -2.47. The van der Waals surface area contributed by atoms with Gasteiger partial charge in [0.2, 0.25) is 0 Å². The third kappa shape index (κ3) is 3.85. The molecule has 16 heavy (non-hydrogen) atoms. The van der Waals surface area contributed by atoms with E-state index in [0.29, 0.717) is 6.04 Å². The zero-order valence-corrected chi connectivity index (χ0v) is 10.5. The molecular formula is C12H22N2O2. The van der Waals surface area contributed by atoms with Gasteiger partial charge in [-0.05, 0) is 13.3 Å². The van der Waals surface area contributed by atoms with Gasteiger partial charge in [-0.2, -0.15) is 0 Å². The van der Waals surface area contributed by atoms with E-state index in [0.717, 1.165) is 26.2 Å². The molecule has 0 aromatic rings. The first-order valence-electron chi connectivity index (χ1n) is 5.91. The van der Waals surface area contributed by atoms with E-state index in [-0.39, 0.29) is 5.97 Å². The minimum Gasteiger partial charge on any atom is -0.466 e. The van der Waals surface area contributed by atoms with Gasteiger partial charge in [0.1, 0.15) is 0 Å². The van der Waals surface area contributed by atoms with Crippen LogP contribution < -0.4 is 0 Å². The minimum atomic E-state index is -0.288. The molecule has 1 unspecified atom stereocenters. The highest BCUT2D eigenvalue weighted by molar-refractivity contribution is 5.81. The van der Waals surface area contributed by atoms with Crippen molar-refractivity contribution in [2.75, 3.05) is 33.3 Å². The van der Waals surface area contributed by atoms with Gasteiger partial charge in [0, 0.05) is 44.5 Å². The van der Waals surface area contributed by atoms with Crippen molar-refractivity contribution in [1.82, 2.24) is 9.80 Å². The summed E-state index contributed by atoms with van der Waals surface area (Å²) in [6, 6.07) is 0.659. The number of esters is 1. The van der Waals surface area contributed by atoms with E-state index in [1.165, 1.54) is 19.6 Å². The predicted octanol–water partition coefficient (Wildman–Crippen LogP) is 1.09. The second-order valence-electron chi connectivity index (χ2n) is 4.17. The van der Waals surface area contributed by atoms with E-state index in [4.69, 9.17) is 0 Å². The van der Waals surface area contributed by atoms with Crippen molar-refractivity contribution in [2.45, 2.75) is 26.3 Å². The summed E-state index contributed by atoms with van der Waals surface area (Å²) in [5, 5.41) is 0. The molecular weight excluding hydrogens is 204 g/mol. The van der Waals surface area contributed by atoms with Crippen molar-refractivity contribution >= 4 is 5.97 Å². The number of carbonyl (C=O) groups is 1. The Balaban J connectivity index is 2.32. The van der Waals surface area contributed by atoms with Gasteiger partial charge < -0.3 is 9.64 Å². The average molecular weight is 226 g/mol. The van der Waals surface area contributed by atoms with Crippen LogP contribution in [-0.4, -0.2) is 55.1 Å². The summed E-state index contributed by atoms with van der Waals surface area (Å²) < 4.78 is 4.56. The Morgan fingerprint density at radius 2 is 2.00 bits per heavy atom. The lowest BCUT2D eigenvalue weighted by molar-refractivity contribution is -0.134. The lowest BCUT2D eigenvalue weighted by atomic mass is 10.2. The van der Waals surface area contributed by atoms with E-state index >= 15 is 0 Å². The summed E-state index contributed by atoms with van der Waals surface area (Å²) in [6.45, 7) is 8.59. The number of methoxy groups -OCH3 is 1. The first-order valence-corrected chi connectivity index (χ1v) is 5.91. The molecule has 1 saturated heterocycles. The number of piperazine rings is 1. The number of carbonyl (C=O) groups excluding carboxylic acids is 1. The van der Waals surface area contributed by atoms with Gasteiger partial charge >= 0.3 is 5.97 Å². The van der Waals surface area contributed by atoms with Crippen LogP contribution >= 0.6 is 0 Å². The molecule has 4 nitrogen and oxygen atoms in total. The van der Waals surface area contributed by atoms with Crippen molar-refractivity contribution < 1.29 is 9.53 Å². The Morgan fingerprint density at radius 3 is 2.50 bits per heavy atom. The molecule has 92 valence electrons. The predicted molar refractivity (Wildman–Crippen MR) is 64.1 cm³/mol. The van der Waals surface area contributed by atoms with E-state index in [1.54, 1.807) is 0 Å². The fourth-order valence-electron chi connectivity index (χ4n) is 1.82. The highest BCUT2D eigenvalue weighted by atomic mass is 16.5. The second kappa shape index (κ2) is 6.53. The van der Waals surface area contributed by atoms with Crippen molar-refractivity contribution in [3.05, 3.63) is 12.3 Å². The van der Waals surface area contributed by atoms with Crippen molar-refractivity contribution in [3.63, 3.8) is 0 Å². The van der Waals surface area contributed by atoms with E-state index in [1.807, 2.05) is 6.20 Å². The van der Waals surface area contributed by atoms with Crippen LogP contribution in [0.4, 0.5) is 0 Å². The molecule has 0 aromatic heterocycles. The molecule has 0 aliphatic carbocycles. The first-order chi connectivity index (χ1) is 7.67. The molecule has 1 atom stereocenters. The molecule has 0 radical (unpaired) electrons. The highest BCUT2D eigenvalue weighted by Crippen LogP contribution is 2.08. The summed E-state index contributed by atoms with van der Waals surface area (Å²) in [5.74, 6) is -0.288. The molecule has 4 heteroatoms. The molecule has 0 amide bonds. The molecule has 0 N–H and O–H groups in total.